The third-order valence-electron chi connectivity index (χ3n) is 2.85. The highest BCUT2D eigenvalue weighted by atomic mass is 79.9. The van der Waals surface area contributed by atoms with Gasteiger partial charge >= 0.3 is 0 Å². The lowest BCUT2D eigenvalue weighted by atomic mass is 10.1. The largest absolute Gasteiger partial charge is 0.497 e. The Balaban J connectivity index is 2.21. The summed E-state index contributed by atoms with van der Waals surface area (Å²) in [6.07, 6.45) is 1.52. The molecule has 0 spiro atoms. The molecule has 0 unspecified atom stereocenters. The number of amides is 1. The normalized spacial score (nSPS) is 10.7. The van der Waals surface area contributed by atoms with Gasteiger partial charge in [-0.15, -0.1) is 0 Å². The van der Waals surface area contributed by atoms with Crippen LogP contribution >= 0.6 is 15.9 Å². The van der Waals surface area contributed by atoms with Gasteiger partial charge in [-0.1, -0.05) is 34.1 Å². The summed E-state index contributed by atoms with van der Waals surface area (Å²) < 4.78 is 5.97. The average molecular weight is 357 g/mol. The summed E-state index contributed by atoms with van der Waals surface area (Å²) in [5.41, 5.74) is 1.36. The molecule has 0 saturated carbocycles. The minimum atomic E-state index is -0.455. The van der Waals surface area contributed by atoms with Crippen LogP contribution in [0.5, 0.6) is 5.75 Å². The van der Waals surface area contributed by atoms with Crippen LogP contribution in [-0.2, 0) is 4.79 Å². The van der Waals surface area contributed by atoms with Crippen molar-refractivity contribution < 1.29 is 9.53 Å². The highest BCUT2D eigenvalue weighted by molar-refractivity contribution is 9.10. The number of halogens is 1. The predicted molar refractivity (Wildman–Crippen MR) is 89.4 cm³/mol. The smallest absolute Gasteiger partial charge is 0.266 e. The molecule has 1 amide bonds. The number of rotatable bonds is 4. The number of nitrogens with one attached hydrogen (secondary N) is 1. The molecule has 1 N–H and O–H groups in total. The Morgan fingerprint density at radius 2 is 2.05 bits per heavy atom. The monoisotopic (exact) mass is 356 g/mol. The van der Waals surface area contributed by atoms with Crippen molar-refractivity contribution in [2.24, 2.45) is 0 Å². The van der Waals surface area contributed by atoms with Crippen molar-refractivity contribution in [2.45, 2.75) is 0 Å². The summed E-state index contributed by atoms with van der Waals surface area (Å²) in [4.78, 5) is 12.2. The first-order valence-corrected chi connectivity index (χ1v) is 7.24. The lowest BCUT2D eigenvalue weighted by molar-refractivity contribution is -0.112. The van der Waals surface area contributed by atoms with Crippen LogP contribution in [0.25, 0.3) is 6.08 Å². The SMILES string of the molecule is COc1cccc(/C=C(/C#N)C(=O)Nc2cccc(Br)c2)c1. The number of hydrogen-bond donors (Lipinski definition) is 1. The van der Waals surface area contributed by atoms with Crippen LogP contribution in [0.4, 0.5) is 5.69 Å². The fraction of sp³-hybridized carbons (Fsp3) is 0.0588. The molecule has 0 radical (unpaired) electrons. The third-order valence-corrected chi connectivity index (χ3v) is 3.35. The molecule has 0 atom stereocenters. The first-order chi connectivity index (χ1) is 10.6. The Bertz CT molecular complexity index is 763. The molecule has 0 aliphatic heterocycles. The van der Waals surface area contributed by atoms with Gasteiger partial charge < -0.3 is 10.1 Å². The van der Waals surface area contributed by atoms with E-state index in [1.165, 1.54) is 6.08 Å². The molecular formula is C17H13BrN2O2. The van der Waals surface area contributed by atoms with Gasteiger partial charge in [-0.05, 0) is 42.0 Å². The number of anilines is 1. The Morgan fingerprint density at radius 1 is 1.27 bits per heavy atom. The molecule has 0 bridgehead atoms. The van der Waals surface area contributed by atoms with Crippen LogP contribution in [0.3, 0.4) is 0 Å². The van der Waals surface area contributed by atoms with E-state index in [2.05, 4.69) is 21.2 Å². The fourth-order valence-electron chi connectivity index (χ4n) is 1.81. The molecule has 0 aromatic heterocycles. The summed E-state index contributed by atoms with van der Waals surface area (Å²) in [7, 11) is 1.56. The van der Waals surface area contributed by atoms with E-state index in [9.17, 15) is 10.1 Å². The number of carbonyl (C=O) groups excluding carboxylic acids is 1. The second-order valence-corrected chi connectivity index (χ2v) is 5.33. The van der Waals surface area contributed by atoms with E-state index in [-0.39, 0.29) is 5.57 Å². The van der Waals surface area contributed by atoms with Gasteiger partial charge in [-0.3, -0.25) is 4.79 Å². The Hall–Kier alpha value is -2.58. The summed E-state index contributed by atoms with van der Waals surface area (Å²) >= 11 is 3.33. The van der Waals surface area contributed by atoms with Gasteiger partial charge in [0, 0.05) is 10.2 Å². The maximum absolute atomic E-state index is 12.2. The zero-order valence-electron chi connectivity index (χ0n) is 11.8. The molecular weight excluding hydrogens is 344 g/mol. The number of methoxy groups -OCH3 is 1. The van der Waals surface area contributed by atoms with E-state index >= 15 is 0 Å². The van der Waals surface area contributed by atoms with Crippen molar-refractivity contribution >= 4 is 33.6 Å². The van der Waals surface area contributed by atoms with Gasteiger partial charge in [-0.25, -0.2) is 0 Å². The quantitative estimate of drug-likeness (QED) is 0.665. The first kappa shape index (κ1) is 15.8. The van der Waals surface area contributed by atoms with E-state index in [4.69, 9.17) is 4.74 Å². The molecule has 0 heterocycles. The van der Waals surface area contributed by atoms with E-state index < -0.39 is 5.91 Å². The molecule has 0 saturated heterocycles. The second-order valence-electron chi connectivity index (χ2n) is 4.41. The zero-order valence-corrected chi connectivity index (χ0v) is 13.4. The lowest BCUT2D eigenvalue weighted by Gasteiger charge is -2.05. The molecule has 2 aromatic carbocycles. The van der Waals surface area contributed by atoms with Gasteiger partial charge in [-0.2, -0.15) is 5.26 Å². The standard InChI is InChI=1S/C17H13BrN2O2/c1-22-16-7-2-4-12(9-16)8-13(11-19)17(21)20-15-6-3-5-14(18)10-15/h2-10H,1H3,(H,20,21)/b13-8-. The molecule has 22 heavy (non-hydrogen) atoms. The molecule has 0 aliphatic carbocycles. The van der Waals surface area contributed by atoms with Crippen molar-refractivity contribution in [3.05, 3.63) is 64.1 Å². The molecule has 2 rings (SSSR count). The number of benzene rings is 2. The van der Waals surface area contributed by atoms with Crippen LogP contribution in [0.2, 0.25) is 0 Å². The van der Waals surface area contributed by atoms with E-state index in [1.54, 1.807) is 49.6 Å². The van der Waals surface area contributed by atoms with Crippen LogP contribution in [0.15, 0.2) is 58.6 Å². The minimum Gasteiger partial charge on any atom is -0.497 e. The first-order valence-electron chi connectivity index (χ1n) is 6.45. The second kappa shape index (κ2) is 7.43. The maximum Gasteiger partial charge on any atom is 0.266 e. The highest BCUT2D eigenvalue weighted by Crippen LogP contribution is 2.18. The van der Waals surface area contributed by atoms with Gasteiger partial charge in [0.05, 0.1) is 7.11 Å². The van der Waals surface area contributed by atoms with Gasteiger partial charge in [0.15, 0.2) is 0 Å². The van der Waals surface area contributed by atoms with E-state index in [1.807, 2.05) is 12.1 Å². The summed E-state index contributed by atoms with van der Waals surface area (Å²) in [5, 5.41) is 11.9. The Morgan fingerprint density at radius 3 is 2.73 bits per heavy atom. The number of hydrogen-bond acceptors (Lipinski definition) is 3. The summed E-state index contributed by atoms with van der Waals surface area (Å²) in [6.45, 7) is 0. The number of nitrogens with zero attached hydrogens (tertiary/aromatic N) is 1. The van der Waals surface area contributed by atoms with E-state index in [0.29, 0.717) is 11.4 Å². The van der Waals surface area contributed by atoms with Gasteiger partial charge in [0.25, 0.3) is 5.91 Å². The van der Waals surface area contributed by atoms with Crippen LogP contribution < -0.4 is 10.1 Å². The van der Waals surface area contributed by atoms with Crippen LogP contribution in [0, 0.1) is 11.3 Å². The van der Waals surface area contributed by atoms with Crippen molar-refractivity contribution in [2.75, 3.05) is 12.4 Å². The van der Waals surface area contributed by atoms with Gasteiger partial charge in [0.1, 0.15) is 17.4 Å². The Kier molecular flexibility index (Phi) is 5.34. The molecule has 0 aliphatic rings. The van der Waals surface area contributed by atoms with E-state index in [0.717, 1.165) is 10.0 Å². The molecule has 4 nitrogen and oxygen atoms in total. The van der Waals surface area contributed by atoms with Crippen molar-refractivity contribution in [1.29, 1.82) is 5.26 Å². The summed E-state index contributed by atoms with van der Waals surface area (Å²) in [6, 6.07) is 16.2. The Labute approximate surface area is 137 Å². The van der Waals surface area contributed by atoms with Crippen LogP contribution in [0.1, 0.15) is 5.56 Å². The summed E-state index contributed by atoms with van der Waals surface area (Å²) in [5.74, 6) is 0.210. The lowest BCUT2D eigenvalue weighted by Crippen LogP contribution is -2.13. The zero-order chi connectivity index (χ0) is 15.9. The van der Waals surface area contributed by atoms with Crippen molar-refractivity contribution in [1.82, 2.24) is 0 Å². The predicted octanol–water partition coefficient (Wildman–Crippen LogP) is 4.00. The third kappa shape index (κ3) is 4.21. The molecule has 2 aromatic rings. The van der Waals surface area contributed by atoms with Crippen molar-refractivity contribution in [3.63, 3.8) is 0 Å². The van der Waals surface area contributed by atoms with Crippen LogP contribution in [-0.4, -0.2) is 13.0 Å². The maximum atomic E-state index is 12.2. The average Bonchev–Trinajstić information content (AvgIpc) is 2.52. The topological polar surface area (TPSA) is 62.1 Å². The number of nitriles is 1. The number of carbonyl (C=O) groups is 1. The fourth-order valence-corrected chi connectivity index (χ4v) is 2.21. The van der Waals surface area contributed by atoms with Crippen molar-refractivity contribution in [3.8, 4) is 11.8 Å². The molecule has 5 heteroatoms. The molecule has 110 valence electrons. The molecule has 0 fully saturated rings. The minimum absolute atomic E-state index is 0.0215. The van der Waals surface area contributed by atoms with Gasteiger partial charge in [0.2, 0.25) is 0 Å². The number of ether oxygens (including phenoxy) is 1. The highest BCUT2D eigenvalue weighted by Gasteiger charge is 2.09.